The van der Waals surface area contributed by atoms with Gasteiger partial charge in [-0.3, -0.25) is 4.79 Å². The van der Waals surface area contributed by atoms with E-state index in [1.54, 1.807) is 19.1 Å². The number of nitrogens with one attached hydrogen (secondary N) is 1. The van der Waals surface area contributed by atoms with Crippen LogP contribution in [0.4, 0.5) is 4.79 Å². The second kappa shape index (κ2) is 10.9. The van der Waals surface area contributed by atoms with E-state index in [9.17, 15) is 9.59 Å². The van der Waals surface area contributed by atoms with Gasteiger partial charge in [0.15, 0.2) is 0 Å². The van der Waals surface area contributed by atoms with Crippen LogP contribution in [-0.2, 0) is 30.3 Å². The highest BCUT2D eigenvalue weighted by atomic mass is 16.8. The van der Waals surface area contributed by atoms with Crippen LogP contribution in [0.1, 0.15) is 32.3 Å². The van der Waals surface area contributed by atoms with Crippen LogP contribution in [-0.4, -0.2) is 80.0 Å². The van der Waals surface area contributed by atoms with Crippen LogP contribution in [0.25, 0.3) is 0 Å². The molecule has 2 aliphatic rings. The molecule has 3 rings (SSSR count). The fourth-order valence-electron chi connectivity index (χ4n) is 4.12. The van der Waals surface area contributed by atoms with E-state index in [0.29, 0.717) is 19.6 Å². The Balaban J connectivity index is 1.88. The number of benzene rings is 1. The molecule has 31 heavy (non-hydrogen) atoms. The van der Waals surface area contributed by atoms with Crippen LogP contribution in [0.3, 0.4) is 0 Å². The zero-order valence-electron chi connectivity index (χ0n) is 18.7. The lowest BCUT2D eigenvalue weighted by molar-refractivity contribution is -0.304. The molecule has 0 unspecified atom stereocenters. The minimum absolute atomic E-state index is 0.118. The second-order valence-corrected chi connectivity index (χ2v) is 8.15. The molecule has 2 heterocycles. The summed E-state index contributed by atoms with van der Waals surface area (Å²) in [6.07, 6.45) is 0.686. The van der Waals surface area contributed by atoms with Crippen LogP contribution in [0, 0.1) is 0 Å². The van der Waals surface area contributed by atoms with Gasteiger partial charge in [-0.15, -0.1) is 0 Å². The molecule has 1 aromatic carbocycles. The van der Waals surface area contributed by atoms with Gasteiger partial charge in [-0.05, 0) is 32.3 Å². The number of hydroxylamine groups is 2. The molecule has 0 spiro atoms. The van der Waals surface area contributed by atoms with Crippen molar-refractivity contribution in [1.82, 2.24) is 15.3 Å². The van der Waals surface area contributed by atoms with Crippen molar-refractivity contribution in [3.8, 4) is 0 Å². The third-order valence-corrected chi connectivity index (χ3v) is 5.47. The number of carbonyl (C=O) groups excluding carboxylic acids is 2. The summed E-state index contributed by atoms with van der Waals surface area (Å²) in [5, 5.41) is 3.90. The van der Waals surface area contributed by atoms with E-state index in [4.69, 9.17) is 19.0 Å². The molecule has 0 radical (unpaired) electrons. The number of likely N-dealkylation sites (tertiary alicyclic amines) is 1. The molecule has 9 nitrogen and oxygen atoms in total. The predicted octanol–water partition coefficient (Wildman–Crippen LogP) is 1.92. The predicted molar refractivity (Wildman–Crippen MR) is 113 cm³/mol. The lowest BCUT2D eigenvalue weighted by Gasteiger charge is -2.42. The highest BCUT2D eigenvalue weighted by Crippen LogP contribution is 2.29. The van der Waals surface area contributed by atoms with Crippen molar-refractivity contribution in [2.75, 3.05) is 27.4 Å². The first kappa shape index (κ1) is 23.5. The number of amides is 3. The van der Waals surface area contributed by atoms with E-state index in [2.05, 4.69) is 5.32 Å². The van der Waals surface area contributed by atoms with Gasteiger partial charge < -0.3 is 24.4 Å². The average molecular weight is 436 g/mol. The Morgan fingerprint density at radius 3 is 2.29 bits per heavy atom. The number of rotatable bonds is 8. The number of urea groups is 1. The summed E-state index contributed by atoms with van der Waals surface area (Å²) in [5.41, 5.74) is 0.926. The van der Waals surface area contributed by atoms with Gasteiger partial charge in [0.1, 0.15) is 6.04 Å². The topological polar surface area (TPSA) is 89.6 Å². The van der Waals surface area contributed by atoms with Gasteiger partial charge in [-0.2, -0.15) is 5.06 Å². The number of nitrogens with zero attached hydrogens (tertiary/aromatic N) is 2. The lowest BCUT2D eigenvalue weighted by atomic mass is 10.0. The van der Waals surface area contributed by atoms with Crippen molar-refractivity contribution >= 4 is 11.9 Å². The summed E-state index contributed by atoms with van der Waals surface area (Å²) in [4.78, 5) is 34.3. The molecule has 3 amide bonds. The molecule has 4 atom stereocenters. The first-order valence-corrected chi connectivity index (χ1v) is 10.7. The van der Waals surface area contributed by atoms with Crippen LogP contribution in [0.15, 0.2) is 30.3 Å². The van der Waals surface area contributed by atoms with Gasteiger partial charge in [-0.25, -0.2) is 9.63 Å². The SMILES string of the molecule is COC[C@H]1CC[C@H](COC)N1C(=O)N1O[C@@H](OC(C)C)NC(=O)[C@H]1Cc1ccccc1. The smallest absolute Gasteiger partial charge is 0.345 e. The zero-order chi connectivity index (χ0) is 22.4. The van der Waals surface area contributed by atoms with Crippen molar-refractivity contribution in [1.29, 1.82) is 0 Å². The van der Waals surface area contributed by atoms with Crippen molar-refractivity contribution in [2.24, 2.45) is 0 Å². The Morgan fingerprint density at radius 2 is 1.74 bits per heavy atom. The maximum absolute atomic E-state index is 13.7. The molecule has 1 aromatic rings. The van der Waals surface area contributed by atoms with Crippen LogP contribution in [0.5, 0.6) is 0 Å². The third-order valence-electron chi connectivity index (χ3n) is 5.47. The summed E-state index contributed by atoms with van der Waals surface area (Å²) >= 11 is 0. The number of hydrogen-bond acceptors (Lipinski definition) is 6. The molecule has 9 heteroatoms. The molecular formula is C22H33N3O6. The third kappa shape index (κ3) is 5.74. The Bertz CT molecular complexity index is 717. The second-order valence-electron chi connectivity index (χ2n) is 8.15. The molecule has 2 fully saturated rings. The molecule has 0 saturated carbocycles. The number of carbonyl (C=O) groups is 2. The van der Waals surface area contributed by atoms with E-state index in [0.717, 1.165) is 18.4 Å². The Hall–Kier alpha value is -2.20. The number of ether oxygens (including phenoxy) is 3. The Labute approximate surface area is 183 Å². The summed E-state index contributed by atoms with van der Waals surface area (Å²) in [6.45, 7) is 4.48. The summed E-state index contributed by atoms with van der Waals surface area (Å²) in [7, 11) is 3.23. The Morgan fingerprint density at radius 1 is 1.13 bits per heavy atom. The van der Waals surface area contributed by atoms with E-state index in [1.165, 1.54) is 5.06 Å². The van der Waals surface area contributed by atoms with Crippen molar-refractivity contribution in [3.63, 3.8) is 0 Å². The molecular weight excluding hydrogens is 402 g/mol. The maximum atomic E-state index is 13.7. The van der Waals surface area contributed by atoms with Gasteiger partial charge in [-0.1, -0.05) is 30.3 Å². The van der Waals surface area contributed by atoms with Crippen molar-refractivity contribution in [3.05, 3.63) is 35.9 Å². The first-order valence-electron chi connectivity index (χ1n) is 10.7. The van der Waals surface area contributed by atoms with Crippen LogP contribution >= 0.6 is 0 Å². The fourth-order valence-corrected chi connectivity index (χ4v) is 4.12. The molecule has 0 bridgehead atoms. The quantitative estimate of drug-likeness (QED) is 0.671. The molecule has 0 aliphatic carbocycles. The largest absolute Gasteiger partial charge is 0.383 e. The van der Waals surface area contributed by atoms with E-state index < -0.39 is 12.5 Å². The van der Waals surface area contributed by atoms with Gasteiger partial charge in [0.2, 0.25) is 5.91 Å². The monoisotopic (exact) mass is 435 g/mol. The molecule has 2 saturated heterocycles. The van der Waals surface area contributed by atoms with Gasteiger partial charge in [0.25, 0.3) is 6.41 Å². The lowest BCUT2D eigenvalue weighted by Crippen LogP contribution is -2.65. The van der Waals surface area contributed by atoms with Gasteiger partial charge >= 0.3 is 6.03 Å². The normalized spacial score (nSPS) is 26.4. The maximum Gasteiger partial charge on any atom is 0.345 e. The molecule has 172 valence electrons. The zero-order valence-corrected chi connectivity index (χ0v) is 18.7. The summed E-state index contributed by atoms with van der Waals surface area (Å²) in [6, 6.07) is 8.11. The highest BCUT2D eigenvalue weighted by molar-refractivity contribution is 5.88. The fraction of sp³-hybridized carbons (Fsp3) is 0.636. The van der Waals surface area contributed by atoms with Crippen molar-refractivity contribution in [2.45, 2.75) is 63.8 Å². The van der Waals surface area contributed by atoms with E-state index in [1.807, 2.05) is 44.2 Å². The average Bonchev–Trinajstić information content (AvgIpc) is 3.12. The van der Waals surface area contributed by atoms with E-state index in [-0.39, 0.29) is 30.1 Å². The number of hydrogen-bond donors (Lipinski definition) is 1. The number of methoxy groups -OCH3 is 2. The molecule has 2 aliphatic heterocycles. The standard InChI is InChI=1S/C22H33N3O6/c1-15(2)30-21-23-20(26)19(12-16-8-6-5-7-9-16)25(31-21)22(27)24-17(13-28-3)10-11-18(24)14-29-4/h5-9,15,17-19,21H,10-14H2,1-4H3,(H,23,26)/t17-,18-,19-,21-/m1/s1. The van der Waals surface area contributed by atoms with Gasteiger partial charge in [0, 0.05) is 20.6 Å². The van der Waals surface area contributed by atoms with Crippen LogP contribution in [0.2, 0.25) is 0 Å². The summed E-state index contributed by atoms with van der Waals surface area (Å²) in [5.74, 6) is -0.320. The van der Waals surface area contributed by atoms with E-state index >= 15 is 0 Å². The summed E-state index contributed by atoms with van der Waals surface area (Å²) < 4.78 is 16.3. The molecule has 1 N–H and O–H groups in total. The molecule has 0 aromatic heterocycles. The van der Waals surface area contributed by atoms with Crippen LogP contribution < -0.4 is 5.32 Å². The minimum atomic E-state index is -1.03. The van der Waals surface area contributed by atoms with Crippen molar-refractivity contribution < 1.29 is 28.6 Å². The first-order chi connectivity index (χ1) is 14.9. The highest BCUT2D eigenvalue weighted by Gasteiger charge is 2.46. The Kier molecular flexibility index (Phi) is 8.25. The minimum Gasteiger partial charge on any atom is -0.383 e. The van der Waals surface area contributed by atoms with Gasteiger partial charge in [0.05, 0.1) is 31.4 Å².